The van der Waals surface area contributed by atoms with E-state index in [0.29, 0.717) is 5.71 Å². The second-order valence-corrected chi connectivity index (χ2v) is 2.87. The maximum Gasteiger partial charge on any atom is 0.0352 e. The Labute approximate surface area is 75.0 Å². The van der Waals surface area contributed by atoms with Gasteiger partial charge < -0.3 is 5.41 Å². The number of allylic oxidation sites excluding steroid dienone is 5. The van der Waals surface area contributed by atoms with E-state index in [1.807, 2.05) is 25.2 Å². The number of rotatable bonds is 4. The Bertz CT molecular complexity index is 231. The number of hydrogen-bond acceptors (Lipinski definition) is 1. The van der Waals surface area contributed by atoms with E-state index in [-0.39, 0.29) is 0 Å². The molecule has 0 spiro atoms. The molecule has 0 fully saturated rings. The molecule has 0 amide bonds. The van der Waals surface area contributed by atoms with Crippen molar-refractivity contribution in [3.63, 3.8) is 0 Å². The van der Waals surface area contributed by atoms with Crippen molar-refractivity contribution >= 4 is 5.71 Å². The molecule has 0 aliphatic carbocycles. The van der Waals surface area contributed by atoms with Crippen LogP contribution < -0.4 is 0 Å². The normalized spacial score (nSPS) is 12.1. The number of hydrogen-bond donors (Lipinski definition) is 1. The maximum absolute atomic E-state index is 7.45. The molecule has 0 bridgehead atoms. The summed E-state index contributed by atoms with van der Waals surface area (Å²) in [7, 11) is 0. The summed E-state index contributed by atoms with van der Waals surface area (Å²) in [5.41, 5.74) is 2.60. The van der Waals surface area contributed by atoms with Gasteiger partial charge in [-0.25, -0.2) is 0 Å². The molecule has 0 saturated heterocycles. The van der Waals surface area contributed by atoms with Gasteiger partial charge in [0.1, 0.15) is 0 Å². The van der Waals surface area contributed by atoms with Gasteiger partial charge in [0, 0.05) is 5.71 Å². The van der Waals surface area contributed by atoms with Crippen molar-refractivity contribution in [2.45, 2.75) is 27.2 Å². The zero-order valence-electron chi connectivity index (χ0n) is 8.15. The third-order valence-corrected chi connectivity index (χ3v) is 1.40. The van der Waals surface area contributed by atoms with E-state index in [1.54, 1.807) is 6.92 Å². The standard InChI is InChI=1S/C11H17N/c1-5-6-11(10(4)12)8-7-9(2)3/h6-8,12H,2,5H2,1,3-4H3/b8-7-,11-6+,12-10?. The molecule has 1 heteroatoms. The van der Waals surface area contributed by atoms with Crippen LogP contribution in [0, 0.1) is 5.41 Å². The molecule has 1 N–H and O–H groups in total. The van der Waals surface area contributed by atoms with Crippen molar-refractivity contribution in [2.24, 2.45) is 0 Å². The lowest BCUT2D eigenvalue weighted by Crippen LogP contribution is -1.91. The summed E-state index contributed by atoms with van der Waals surface area (Å²) in [4.78, 5) is 0. The summed E-state index contributed by atoms with van der Waals surface area (Å²) in [5.74, 6) is 0. The second kappa shape index (κ2) is 5.53. The average molecular weight is 163 g/mol. The minimum absolute atomic E-state index is 0.606. The highest BCUT2D eigenvalue weighted by Gasteiger charge is 1.92. The molecule has 0 heterocycles. The lowest BCUT2D eigenvalue weighted by atomic mass is 10.1. The predicted octanol–water partition coefficient (Wildman–Crippen LogP) is 3.49. The first-order chi connectivity index (χ1) is 5.57. The molecule has 0 aliphatic heterocycles. The highest BCUT2D eigenvalue weighted by Crippen LogP contribution is 2.03. The third kappa shape index (κ3) is 4.67. The van der Waals surface area contributed by atoms with Gasteiger partial charge in [0.25, 0.3) is 0 Å². The smallest absolute Gasteiger partial charge is 0.0352 e. The topological polar surface area (TPSA) is 23.9 Å². The van der Waals surface area contributed by atoms with E-state index >= 15 is 0 Å². The fourth-order valence-electron chi connectivity index (χ4n) is 0.798. The molecule has 0 aromatic heterocycles. The Balaban J connectivity index is 4.45. The fraction of sp³-hybridized carbons (Fsp3) is 0.364. The van der Waals surface area contributed by atoms with Gasteiger partial charge in [-0.3, -0.25) is 0 Å². The van der Waals surface area contributed by atoms with Gasteiger partial charge in [-0.1, -0.05) is 37.3 Å². The summed E-state index contributed by atoms with van der Waals surface area (Å²) in [6.45, 7) is 9.57. The molecule has 0 aliphatic rings. The molecule has 0 aromatic carbocycles. The Kier molecular flexibility index (Phi) is 5.02. The minimum atomic E-state index is 0.606. The quantitative estimate of drug-likeness (QED) is 0.484. The van der Waals surface area contributed by atoms with Crippen LogP contribution in [0.3, 0.4) is 0 Å². The first-order valence-corrected chi connectivity index (χ1v) is 4.17. The molecular formula is C11H17N. The first-order valence-electron chi connectivity index (χ1n) is 4.17. The van der Waals surface area contributed by atoms with Crippen LogP contribution in [0.15, 0.2) is 36.0 Å². The lowest BCUT2D eigenvalue weighted by Gasteiger charge is -1.97. The van der Waals surface area contributed by atoms with Gasteiger partial charge in [0.05, 0.1) is 0 Å². The molecule has 1 nitrogen and oxygen atoms in total. The highest BCUT2D eigenvalue weighted by molar-refractivity contribution is 5.98. The number of nitrogens with one attached hydrogen (secondary N) is 1. The van der Waals surface area contributed by atoms with Gasteiger partial charge in [-0.05, 0) is 25.8 Å². The van der Waals surface area contributed by atoms with Crippen LogP contribution in [0.4, 0.5) is 0 Å². The van der Waals surface area contributed by atoms with E-state index in [1.165, 1.54) is 0 Å². The zero-order chi connectivity index (χ0) is 9.56. The van der Waals surface area contributed by atoms with Crippen molar-refractivity contribution in [3.8, 4) is 0 Å². The minimum Gasteiger partial charge on any atom is -0.305 e. The van der Waals surface area contributed by atoms with Gasteiger partial charge in [0.2, 0.25) is 0 Å². The van der Waals surface area contributed by atoms with E-state index in [4.69, 9.17) is 5.41 Å². The molecule has 12 heavy (non-hydrogen) atoms. The van der Waals surface area contributed by atoms with Crippen LogP contribution >= 0.6 is 0 Å². The maximum atomic E-state index is 7.45. The van der Waals surface area contributed by atoms with Gasteiger partial charge >= 0.3 is 0 Å². The SMILES string of the molecule is C=C(C)/C=C\C(=C/CC)C(C)=N. The molecule has 0 rings (SSSR count). The van der Waals surface area contributed by atoms with Crippen LogP contribution in [0.1, 0.15) is 27.2 Å². The van der Waals surface area contributed by atoms with E-state index in [9.17, 15) is 0 Å². The summed E-state index contributed by atoms with van der Waals surface area (Å²) in [5, 5.41) is 7.45. The third-order valence-electron chi connectivity index (χ3n) is 1.40. The molecule has 66 valence electrons. The average Bonchev–Trinajstić information content (AvgIpc) is 1.96. The van der Waals surface area contributed by atoms with Crippen LogP contribution in [0.2, 0.25) is 0 Å². The Hall–Kier alpha value is -1.11. The zero-order valence-corrected chi connectivity index (χ0v) is 8.15. The predicted molar refractivity (Wildman–Crippen MR) is 55.7 cm³/mol. The fourth-order valence-corrected chi connectivity index (χ4v) is 0.798. The van der Waals surface area contributed by atoms with Gasteiger partial charge in [0.15, 0.2) is 0 Å². The largest absolute Gasteiger partial charge is 0.305 e. The molecule has 0 saturated carbocycles. The Morgan fingerprint density at radius 2 is 1.92 bits per heavy atom. The Morgan fingerprint density at radius 1 is 1.33 bits per heavy atom. The van der Waals surface area contributed by atoms with E-state index in [0.717, 1.165) is 17.6 Å². The monoisotopic (exact) mass is 163 g/mol. The van der Waals surface area contributed by atoms with Crippen molar-refractivity contribution in [3.05, 3.63) is 36.0 Å². The van der Waals surface area contributed by atoms with E-state index < -0.39 is 0 Å². The summed E-state index contributed by atoms with van der Waals surface area (Å²) < 4.78 is 0. The molecule has 0 atom stereocenters. The van der Waals surface area contributed by atoms with E-state index in [2.05, 4.69) is 13.5 Å². The van der Waals surface area contributed by atoms with Crippen LogP contribution in [-0.4, -0.2) is 5.71 Å². The molecule has 0 unspecified atom stereocenters. The van der Waals surface area contributed by atoms with Crippen LogP contribution in [0.25, 0.3) is 0 Å². The van der Waals surface area contributed by atoms with Crippen molar-refractivity contribution in [1.82, 2.24) is 0 Å². The summed E-state index contributed by atoms with van der Waals surface area (Å²) in [6.07, 6.45) is 6.88. The Morgan fingerprint density at radius 3 is 2.25 bits per heavy atom. The highest BCUT2D eigenvalue weighted by atomic mass is 14.4. The van der Waals surface area contributed by atoms with Crippen LogP contribution in [0.5, 0.6) is 0 Å². The molecule has 0 radical (unpaired) electrons. The van der Waals surface area contributed by atoms with Crippen molar-refractivity contribution in [1.29, 1.82) is 5.41 Å². The summed E-state index contributed by atoms with van der Waals surface area (Å²) in [6, 6.07) is 0. The van der Waals surface area contributed by atoms with Crippen molar-refractivity contribution in [2.75, 3.05) is 0 Å². The van der Waals surface area contributed by atoms with Crippen LogP contribution in [-0.2, 0) is 0 Å². The van der Waals surface area contributed by atoms with Gasteiger partial charge in [-0.2, -0.15) is 0 Å². The summed E-state index contributed by atoms with van der Waals surface area (Å²) >= 11 is 0. The molecular weight excluding hydrogens is 146 g/mol. The van der Waals surface area contributed by atoms with Gasteiger partial charge in [-0.15, -0.1) is 0 Å². The van der Waals surface area contributed by atoms with Crippen molar-refractivity contribution < 1.29 is 0 Å². The molecule has 0 aromatic rings. The second-order valence-electron chi connectivity index (χ2n) is 2.87. The first kappa shape index (κ1) is 10.9. The lowest BCUT2D eigenvalue weighted by molar-refractivity contribution is 1.21.